The lowest BCUT2D eigenvalue weighted by atomic mass is 9.91. The lowest BCUT2D eigenvalue weighted by molar-refractivity contribution is 0.338. The number of hydrogen-bond acceptors (Lipinski definition) is 4. The van der Waals surface area contributed by atoms with E-state index in [9.17, 15) is 0 Å². The quantitative estimate of drug-likeness (QED) is 0.888. The molecular weight excluding hydrogens is 266 g/mol. The first kappa shape index (κ1) is 14.2. The van der Waals surface area contributed by atoms with E-state index >= 15 is 0 Å². The summed E-state index contributed by atoms with van der Waals surface area (Å²) in [4.78, 5) is 8.30. The van der Waals surface area contributed by atoms with E-state index in [0.717, 1.165) is 48.4 Å². The molecule has 3 rings (SSSR count). The fourth-order valence-electron chi connectivity index (χ4n) is 3.33. The molecule has 1 aromatic carbocycles. The number of benzene rings is 1. The van der Waals surface area contributed by atoms with Crippen LogP contribution in [0.15, 0.2) is 12.1 Å². The number of nitrogens with one attached hydrogen (secondary N) is 2. The van der Waals surface area contributed by atoms with Gasteiger partial charge in [0, 0.05) is 12.1 Å². The maximum absolute atomic E-state index is 5.36. The number of ether oxygens (including phenoxy) is 2. The summed E-state index contributed by atoms with van der Waals surface area (Å²) in [6.45, 7) is 3.28. The monoisotopic (exact) mass is 289 g/mol. The minimum atomic E-state index is -0.00571. The maximum Gasteiger partial charge on any atom is 0.163 e. The van der Waals surface area contributed by atoms with Gasteiger partial charge in [-0.3, -0.25) is 0 Å². The Bertz CT molecular complexity index is 589. The van der Waals surface area contributed by atoms with E-state index in [2.05, 4.69) is 17.2 Å². The Kier molecular flexibility index (Phi) is 3.76. The number of H-pyrrole nitrogens is 1. The molecule has 1 aliphatic rings. The number of fused-ring (bicyclic) bond motifs is 1. The lowest BCUT2D eigenvalue weighted by Gasteiger charge is -2.26. The second kappa shape index (κ2) is 5.56. The van der Waals surface area contributed by atoms with E-state index in [1.807, 2.05) is 12.1 Å². The molecule has 0 bridgehead atoms. The van der Waals surface area contributed by atoms with E-state index in [4.69, 9.17) is 14.5 Å². The van der Waals surface area contributed by atoms with E-state index in [1.165, 1.54) is 6.42 Å². The molecule has 0 saturated carbocycles. The molecule has 1 aliphatic heterocycles. The van der Waals surface area contributed by atoms with Crippen molar-refractivity contribution in [1.82, 2.24) is 15.3 Å². The fourth-order valence-corrected chi connectivity index (χ4v) is 3.33. The molecule has 21 heavy (non-hydrogen) atoms. The van der Waals surface area contributed by atoms with Gasteiger partial charge in [-0.25, -0.2) is 4.98 Å². The summed E-state index contributed by atoms with van der Waals surface area (Å²) in [6.07, 6.45) is 4.57. The summed E-state index contributed by atoms with van der Waals surface area (Å²) in [5.74, 6) is 2.48. The minimum Gasteiger partial charge on any atom is -0.493 e. The maximum atomic E-state index is 5.36. The Morgan fingerprint density at radius 1 is 1.24 bits per heavy atom. The van der Waals surface area contributed by atoms with Crippen molar-refractivity contribution in [1.29, 1.82) is 0 Å². The van der Waals surface area contributed by atoms with Gasteiger partial charge in [-0.2, -0.15) is 0 Å². The zero-order valence-corrected chi connectivity index (χ0v) is 13.0. The third kappa shape index (κ3) is 2.35. The van der Waals surface area contributed by atoms with Crippen molar-refractivity contribution in [2.24, 2.45) is 0 Å². The standard InChI is InChI=1S/C16H23N3O2/c1-4-6-16(7-5-8-17-16)15-18-11-9-13(20-2)14(21-3)10-12(11)19-15/h9-10,17H,4-8H2,1-3H3,(H,18,19). The van der Waals surface area contributed by atoms with E-state index in [0.29, 0.717) is 5.75 Å². The Morgan fingerprint density at radius 2 is 2.00 bits per heavy atom. The Labute approximate surface area is 125 Å². The zero-order chi connectivity index (χ0) is 14.9. The summed E-state index contributed by atoms with van der Waals surface area (Å²) >= 11 is 0. The molecule has 1 aromatic heterocycles. The molecule has 2 heterocycles. The number of rotatable bonds is 5. The first-order valence-corrected chi connectivity index (χ1v) is 7.59. The van der Waals surface area contributed by atoms with Gasteiger partial charge in [-0.05, 0) is 25.8 Å². The molecule has 1 fully saturated rings. The molecule has 0 aliphatic carbocycles. The number of methoxy groups -OCH3 is 2. The molecule has 0 radical (unpaired) electrons. The fraction of sp³-hybridized carbons (Fsp3) is 0.562. The summed E-state index contributed by atoms with van der Waals surface area (Å²) in [5, 5.41) is 3.65. The molecule has 1 atom stereocenters. The highest BCUT2D eigenvalue weighted by molar-refractivity contribution is 5.80. The summed E-state index contributed by atoms with van der Waals surface area (Å²) in [7, 11) is 3.30. The molecule has 0 spiro atoms. The van der Waals surface area contributed by atoms with Crippen molar-refractivity contribution in [2.45, 2.75) is 38.1 Å². The number of hydrogen-bond donors (Lipinski definition) is 2. The zero-order valence-electron chi connectivity index (χ0n) is 13.0. The van der Waals surface area contributed by atoms with Crippen LogP contribution in [0.4, 0.5) is 0 Å². The van der Waals surface area contributed by atoms with Crippen molar-refractivity contribution in [3.05, 3.63) is 18.0 Å². The van der Waals surface area contributed by atoms with Crippen LogP contribution in [0, 0.1) is 0 Å². The number of aromatic nitrogens is 2. The van der Waals surface area contributed by atoms with Crippen LogP contribution in [-0.2, 0) is 5.54 Å². The van der Waals surface area contributed by atoms with E-state index < -0.39 is 0 Å². The third-order valence-corrected chi connectivity index (χ3v) is 4.36. The topological polar surface area (TPSA) is 59.2 Å². The summed E-state index contributed by atoms with van der Waals surface area (Å²) in [6, 6.07) is 3.89. The highest BCUT2D eigenvalue weighted by Crippen LogP contribution is 2.37. The molecular formula is C16H23N3O2. The number of nitrogens with zero attached hydrogens (tertiary/aromatic N) is 1. The smallest absolute Gasteiger partial charge is 0.163 e. The molecule has 2 N–H and O–H groups in total. The first-order chi connectivity index (χ1) is 10.2. The Hall–Kier alpha value is -1.75. The molecule has 2 aromatic rings. The predicted molar refractivity (Wildman–Crippen MR) is 83.0 cm³/mol. The van der Waals surface area contributed by atoms with Gasteiger partial charge in [0.05, 0.1) is 30.8 Å². The largest absolute Gasteiger partial charge is 0.493 e. The molecule has 0 amide bonds. The van der Waals surface area contributed by atoms with Crippen molar-refractivity contribution in [3.63, 3.8) is 0 Å². The number of aromatic amines is 1. The van der Waals surface area contributed by atoms with Gasteiger partial charge in [0.15, 0.2) is 11.5 Å². The molecule has 1 unspecified atom stereocenters. The van der Waals surface area contributed by atoms with Crippen LogP contribution in [-0.4, -0.2) is 30.7 Å². The first-order valence-electron chi connectivity index (χ1n) is 7.59. The number of imidazole rings is 1. The van der Waals surface area contributed by atoms with Crippen molar-refractivity contribution in [3.8, 4) is 11.5 Å². The molecule has 5 heteroatoms. The van der Waals surface area contributed by atoms with Crippen LogP contribution in [0.1, 0.15) is 38.4 Å². The molecule has 5 nitrogen and oxygen atoms in total. The van der Waals surface area contributed by atoms with Gasteiger partial charge in [-0.15, -0.1) is 0 Å². The van der Waals surface area contributed by atoms with Crippen LogP contribution < -0.4 is 14.8 Å². The highest BCUT2D eigenvalue weighted by Gasteiger charge is 2.37. The average Bonchev–Trinajstić information content (AvgIpc) is 3.12. The molecule has 114 valence electrons. The van der Waals surface area contributed by atoms with Crippen LogP contribution in [0.5, 0.6) is 11.5 Å². The SMILES string of the molecule is CCCC1(c2nc3cc(OC)c(OC)cc3[nH]2)CCCN1. The van der Waals surface area contributed by atoms with E-state index in [-0.39, 0.29) is 5.54 Å². The van der Waals surface area contributed by atoms with Gasteiger partial charge in [0.1, 0.15) is 5.82 Å². The van der Waals surface area contributed by atoms with Crippen LogP contribution in [0.3, 0.4) is 0 Å². The van der Waals surface area contributed by atoms with Crippen LogP contribution >= 0.6 is 0 Å². The Morgan fingerprint density at radius 3 is 2.62 bits per heavy atom. The van der Waals surface area contributed by atoms with Crippen molar-refractivity contribution >= 4 is 11.0 Å². The lowest BCUT2D eigenvalue weighted by Crippen LogP contribution is -2.37. The van der Waals surface area contributed by atoms with Crippen molar-refractivity contribution < 1.29 is 9.47 Å². The van der Waals surface area contributed by atoms with Gasteiger partial charge < -0.3 is 19.8 Å². The van der Waals surface area contributed by atoms with Gasteiger partial charge in [0.2, 0.25) is 0 Å². The Balaban J connectivity index is 2.07. The second-order valence-corrected chi connectivity index (χ2v) is 5.67. The van der Waals surface area contributed by atoms with Crippen molar-refractivity contribution in [2.75, 3.05) is 20.8 Å². The minimum absolute atomic E-state index is 0.00571. The molecule has 1 saturated heterocycles. The third-order valence-electron chi connectivity index (χ3n) is 4.36. The average molecular weight is 289 g/mol. The van der Waals surface area contributed by atoms with Crippen LogP contribution in [0.25, 0.3) is 11.0 Å². The second-order valence-electron chi connectivity index (χ2n) is 5.67. The predicted octanol–water partition coefficient (Wildman–Crippen LogP) is 2.96. The van der Waals surface area contributed by atoms with E-state index in [1.54, 1.807) is 14.2 Å². The highest BCUT2D eigenvalue weighted by atomic mass is 16.5. The van der Waals surface area contributed by atoms with Crippen LogP contribution in [0.2, 0.25) is 0 Å². The van der Waals surface area contributed by atoms with Gasteiger partial charge >= 0.3 is 0 Å². The van der Waals surface area contributed by atoms with Gasteiger partial charge in [-0.1, -0.05) is 13.3 Å². The van der Waals surface area contributed by atoms with Gasteiger partial charge in [0.25, 0.3) is 0 Å². The summed E-state index contributed by atoms with van der Waals surface area (Å²) in [5.41, 5.74) is 1.91. The normalized spacial score (nSPS) is 21.9. The summed E-state index contributed by atoms with van der Waals surface area (Å²) < 4.78 is 10.7.